The van der Waals surface area contributed by atoms with Crippen molar-refractivity contribution in [2.75, 3.05) is 7.05 Å². The third-order valence-corrected chi connectivity index (χ3v) is 1.97. The van der Waals surface area contributed by atoms with Crippen LogP contribution in [0.3, 0.4) is 0 Å². The molecule has 72 valence electrons. The molecule has 0 aliphatic rings. The van der Waals surface area contributed by atoms with Crippen molar-refractivity contribution in [3.63, 3.8) is 0 Å². The van der Waals surface area contributed by atoms with E-state index < -0.39 is 0 Å². The Labute approximate surface area is 85.5 Å². The first-order valence-electron chi connectivity index (χ1n) is 4.60. The van der Waals surface area contributed by atoms with Crippen LogP contribution in [0.25, 0.3) is 5.57 Å². The lowest BCUT2D eigenvalue weighted by Crippen LogP contribution is -1.82. The van der Waals surface area contributed by atoms with Gasteiger partial charge < -0.3 is 0 Å². The van der Waals surface area contributed by atoms with Crippen LogP contribution in [-0.2, 0) is 0 Å². The number of hydrogen-bond donors (Lipinski definition) is 0. The Hall–Kier alpha value is -1.63. The second-order valence-corrected chi connectivity index (χ2v) is 3.10. The summed E-state index contributed by atoms with van der Waals surface area (Å²) in [6.07, 6.45) is 5.58. The number of nitrogens with zero attached hydrogens (tertiary/aromatic N) is 1. The van der Waals surface area contributed by atoms with Crippen LogP contribution in [-0.4, -0.2) is 13.3 Å². The molecule has 0 amide bonds. The quantitative estimate of drug-likeness (QED) is 0.506. The van der Waals surface area contributed by atoms with Gasteiger partial charge in [-0.1, -0.05) is 42.5 Å². The van der Waals surface area contributed by atoms with Crippen LogP contribution in [0.2, 0.25) is 0 Å². The molecule has 0 fully saturated rings. The molecule has 0 N–H and O–H groups in total. The maximum Gasteiger partial charge on any atom is 0.0277 e. The van der Waals surface area contributed by atoms with Gasteiger partial charge in [0.1, 0.15) is 0 Å². The van der Waals surface area contributed by atoms with Crippen LogP contribution in [0.1, 0.15) is 11.1 Å². The zero-order valence-corrected chi connectivity index (χ0v) is 8.70. The molecule has 0 saturated carbocycles. The third kappa shape index (κ3) is 2.70. The maximum atomic E-state index is 3.92. The van der Waals surface area contributed by atoms with E-state index in [9.17, 15) is 0 Å². The van der Waals surface area contributed by atoms with Gasteiger partial charge >= 0.3 is 0 Å². The van der Waals surface area contributed by atoms with Crippen LogP contribution in [0, 0.1) is 6.92 Å². The van der Waals surface area contributed by atoms with Crippen molar-refractivity contribution in [3.8, 4) is 0 Å². The molecule has 0 unspecified atom stereocenters. The summed E-state index contributed by atoms with van der Waals surface area (Å²) in [4.78, 5) is 3.92. The largest absolute Gasteiger partial charge is 0.296 e. The number of aryl methyl sites for hydroxylation is 1. The summed E-state index contributed by atoms with van der Waals surface area (Å²) in [5.41, 5.74) is 3.53. The Morgan fingerprint density at radius 3 is 2.79 bits per heavy atom. The Balaban J connectivity index is 3.06. The van der Waals surface area contributed by atoms with Gasteiger partial charge in [-0.3, -0.25) is 4.99 Å². The minimum absolute atomic E-state index is 1.10. The number of rotatable bonds is 3. The van der Waals surface area contributed by atoms with E-state index in [1.54, 1.807) is 13.3 Å². The van der Waals surface area contributed by atoms with Crippen molar-refractivity contribution >= 4 is 11.8 Å². The summed E-state index contributed by atoms with van der Waals surface area (Å²) in [5.74, 6) is 0. The molecule has 0 bridgehead atoms. The van der Waals surface area contributed by atoms with E-state index in [2.05, 4.69) is 36.7 Å². The highest BCUT2D eigenvalue weighted by Crippen LogP contribution is 2.15. The molecular formula is C13H15N. The fourth-order valence-electron chi connectivity index (χ4n) is 1.26. The Kier molecular flexibility index (Phi) is 3.86. The van der Waals surface area contributed by atoms with Gasteiger partial charge in [0.15, 0.2) is 0 Å². The van der Waals surface area contributed by atoms with Crippen molar-refractivity contribution in [1.82, 2.24) is 0 Å². The molecule has 1 aromatic rings. The zero-order valence-electron chi connectivity index (χ0n) is 8.70. The van der Waals surface area contributed by atoms with E-state index in [0.29, 0.717) is 0 Å². The van der Waals surface area contributed by atoms with Crippen LogP contribution >= 0.6 is 0 Å². The molecule has 0 aliphatic heterocycles. The fourth-order valence-corrected chi connectivity index (χ4v) is 1.26. The molecule has 1 nitrogen and oxygen atoms in total. The molecule has 14 heavy (non-hydrogen) atoms. The minimum atomic E-state index is 1.10. The van der Waals surface area contributed by atoms with Crippen LogP contribution in [0.15, 0.2) is 48.0 Å². The lowest BCUT2D eigenvalue weighted by Gasteiger charge is -2.01. The van der Waals surface area contributed by atoms with Gasteiger partial charge in [0, 0.05) is 13.3 Å². The topological polar surface area (TPSA) is 12.4 Å². The smallest absolute Gasteiger partial charge is 0.0277 e. The van der Waals surface area contributed by atoms with Gasteiger partial charge in [-0.25, -0.2) is 0 Å². The first-order valence-corrected chi connectivity index (χ1v) is 4.60. The average molecular weight is 185 g/mol. The van der Waals surface area contributed by atoms with Crippen molar-refractivity contribution in [3.05, 3.63) is 54.1 Å². The van der Waals surface area contributed by atoms with Gasteiger partial charge in [0.05, 0.1) is 0 Å². The van der Waals surface area contributed by atoms with E-state index >= 15 is 0 Å². The van der Waals surface area contributed by atoms with Crippen molar-refractivity contribution in [2.24, 2.45) is 4.99 Å². The zero-order chi connectivity index (χ0) is 10.4. The SMILES string of the molecule is C=C/C(=C\C=NC)c1cccc(C)c1. The van der Waals surface area contributed by atoms with E-state index in [0.717, 1.165) is 5.57 Å². The van der Waals surface area contributed by atoms with E-state index in [1.165, 1.54) is 11.1 Å². The summed E-state index contributed by atoms with van der Waals surface area (Å²) >= 11 is 0. The summed E-state index contributed by atoms with van der Waals surface area (Å²) < 4.78 is 0. The Morgan fingerprint density at radius 1 is 1.43 bits per heavy atom. The van der Waals surface area contributed by atoms with Gasteiger partial charge in [-0.2, -0.15) is 0 Å². The Morgan fingerprint density at radius 2 is 2.21 bits per heavy atom. The minimum Gasteiger partial charge on any atom is -0.296 e. The lowest BCUT2D eigenvalue weighted by atomic mass is 10.0. The molecule has 0 atom stereocenters. The van der Waals surface area contributed by atoms with Crippen molar-refractivity contribution in [2.45, 2.75) is 6.92 Å². The van der Waals surface area contributed by atoms with Gasteiger partial charge in [-0.15, -0.1) is 0 Å². The van der Waals surface area contributed by atoms with E-state index in [-0.39, 0.29) is 0 Å². The molecule has 0 aliphatic carbocycles. The Bertz CT molecular complexity index is 373. The van der Waals surface area contributed by atoms with Crippen molar-refractivity contribution in [1.29, 1.82) is 0 Å². The summed E-state index contributed by atoms with van der Waals surface area (Å²) in [6.45, 7) is 5.87. The standard InChI is InChI=1S/C13H15N/c1-4-12(8-9-14-3)13-7-5-6-11(2)10-13/h4-10H,1H2,2-3H3/b12-8+,14-9?. The van der Waals surface area contributed by atoms with Crippen LogP contribution in [0.5, 0.6) is 0 Å². The highest BCUT2D eigenvalue weighted by Gasteiger charge is 1.95. The first kappa shape index (κ1) is 10.5. The molecule has 0 saturated heterocycles. The second-order valence-electron chi connectivity index (χ2n) is 3.10. The van der Waals surface area contributed by atoms with Crippen LogP contribution < -0.4 is 0 Å². The molecule has 1 heteroatoms. The first-order chi connectivity index (χ1) is 6.77. The lowest BCUT2D eigenvalue weighted by molar-refractivity contribution is 1.45. The molecular weight excluding hydrogens is 170 g/mol. The molecule has 0 heterocycles. The highest BCUT2D eigenvalue weighted by atomic mass is 14.6. The van der Waals surface area contributed by atoms with E-state index in [1.807, 2.05) is 18.2 Å². The van der Waals surface area contributed by atoms with Gasteiger partial charge in [0.25, 0.3) is 0 Å². The molecule has 1 aromatic carbocycles. The predicted octanol–water partition coefficient (Wildman–Crippen LogP) is 3.27. The normalized spacial score (nSPS) is 12.0. The summed E-state index contributed by atoms with van der Waals surface area (Å²) in [7, 11) is 1.76. The van der Waals surface area contributed by atoms with Gasteiger partial charge in [-0.05, 0) is 24.1 Å². The third-order valence-electron chi connectivity index (χ3n) is 1.97. The molecule has 1 rings (SSSR count). The highest BCUT2D eigenvalue weighted by molar-refractivity contribution is 5.88. The summed E-state index contributed by atoms with van der Waals surface area (Å²) in [6, 6.07) is 8.34. The summed E-state index contributed by atoms with van der Waals surface area (Å²) in [5, 5.41) is 0. The van der Waals surface area contributed by atoms with Crippen LogP contribution in [0.4, 0.5) is 0 Å². The monoisotopic (exact) mass is 185 g/mol. The molecule has 0 aromatic heterocycles. The average Bonchev–Trinajstić information content (AvgIpc) is 2.19. The maximum absolute atomic E-state index is 3.92. The fraction of sp³-hybridized carbons (Fsp3) is 0.154. The number of benzene rings is 1. The van der Waals surface area contributed by atoms with E-state index in [4.69, 9.17) is 0 Å². The second kappa shape index (κ2) is 5.18. The predicted molar refractivity (Wildman–Crippen MR) is 63.8 cm³/mol. The van der Waals surface area contributed by atoms with Gasteiger partial charge in [0.2, 0.25) is 0 Å². The van der Waals surface area contributed by atoms with Crippen molar-refractivity contribution < 1.29 is 0 Å². The number of allylic oxidation sites excluding steroid dienone is 3. The molecule has 0 spiro atoms. The molecule has 0 radical (unpaired) electrons. The number of hydrogen-bond acceptors (Lipinski definition) is 1. The number of aliphatic imine (C=N–C) groups is 1.